The molecular formula is C33H29F3O3. The minimum atomic E-state index is -5.08. The molecule has 0 spiro atoms. The molecule has 1 aliphatic rings. The van der Waals surface area contributed by atoms with Crippen LogP contribution in [0.5, 0.6) is 0 Å². The van der Waals surface area contributed by atoms with E-state index in [9.17, 15) is 4.79 Å². The molecule has 0 radical (unpaired) electrons. The fourth-order valence-electron chi connectivity index (χ4n) is 5.91. The highest BCUT2D eigenvalue weighted by Crippen LogP contribution is 2.61. The molecule has 1 atom stereocenters. The van der Waals surface area contributed by atoms with Crippen molar-refractivity contribution < 1.29 is 27.4 Å². The molecule has 0 aromatic heterocycles. The van der Waals surface area contributed by atoms with Gasteiger partial charge in [-0.3, -0.25) is 0 Å². The van der Waals surface area contributed by atoms with E-state index in [-0.39, 0.29) is 13.0 Å². The second-order valence-corrected chi connectivity index (χ2v) is 9.87. The van der Waals surface area contributed by atoms with Gasteiger partial charge in [-0.05, 0) is 35.6 Å². The van der Waals surface area contributed by atoms with Crippen LogP contribution in [0.25, 0.3) is 0 Å². The molecule has 1 aliphatic heterocycles. The predicted octanol–water partition coefficient (Wildman–Crippen LogP) is 7.59. The highest BCUT2D eigenvalue weighted by atomic mass is 19.4. The van der Waals surface area contributed by atoms with Crippen LogP contribution in [0, 0.1) is 0 Å². The molecule has 1 fully saturated rings. The first-order chi connectivity index (χ1) is 18.8. The Morgan fingerprint density at radius 3 is 1.44 bits per heavy atom. The fourth-order valence-corrected chi connectivity index (χ4v) is 5.91. The fraction of sp³-hybridized carbons (Fsp3) is 0.242. The van der Waals surface area contributed by atoms with Crippen molar-refractivity contribution in [1.29, 1.82) is 0 Å². The molecule has 0 saturated carbocycles. The monoisotopic (exact) mass is 530 g/mol. The van der Waals surface area contributed by atoms with Gasteiger partial charge in [0.15, 0.2) is 0 Å². The number of hydrogen-bond acceptors (Lipinski definition) is 3. The Balaban J connectivity index is 1.93. The molecule has 0 unspecified atom stereocenters. The van der Waals surface area contributed by atoms with Gasteiger partial charge in [0.05, 0.1) is 6.61 Å². The molecule has 5 rings (SSSR count). The zero-order chi connectivity index (χ0) is 27.6. The SMILES string of the molecule is CCOC(=O)[C@@]1(C(F)(F)F)CC(c2ccccc2)(c2ccccc2)CC(c2ccccc2)(c2ccccc2)O1. The largest absolute Gasteiger partial charge is 0.464 e. The first-order valence-electron chi connectivity index (χ1n) is 12.9. The van der Waals surface area contributed by atoms with E-state index in [1.165, 1.54) is 6.92 Å². The smallest absolute Gasteiger partial charge is 0.428 e. The maximum atomic E-state index is 15.5. The third-order valence-electron chi connectivity index (χ3n) is 7.65. The summed E-state index contributed by atoms with van der Waals surface area (Å²) in [6, 6.07) is 35.9. The molecule has 0 bridgehead atoms. The van der Waals surface area contributed by atoms with Gasteiger partial charge in [0.1, 0.15) is 5.60 Å². The standard InChI is InChI=1S/C33H29F3O3/c1-2-38-29(37)32(33(34,35)36)24-30(25-15-7-3-8-16-25,26-17-9-4-10-18-26)23-31(39-32,27-19-11-5-12-20-27)28-21-13-6-14-22-28/h3-22H,2,23-24H2,1H3/t32-/m1/s1. The average molecular weight is 531 g/mol. The van der Waals surface area contributed by atoms with E-state index >= 15 is 13.2 Å². The van der Waals surface area contributed by atoms with Crippen LogP contribution >= 0.6 is 0 Å². The summed E-state index contributed by atoms with van der Waals surface area (Å²) in [7, 11) is 0. The maximum Gasteiger partial charge on any atom is 0.428 e. The number of alkyl halides is 3. The lowest BCUT2D eigenvalue weighted by Gasteiger charge is -2.56. The maximum absolute atomic E-state index is 15.5. The molecule has 0 aliphatic carbocycles. The topological polar surface area (TPSA) is 35.5 Å². The van der Waals surface area contributed by atoms with Crippen LogP contribution in [0.1, 0.15) is 42.0 Å². The third-order valence-corrected chi connectivity index (χ3v) is 7.65. The summed E-state index contributed by atoms with van der Waals surface area (Å²) in [5.74, 6) is -1.44. The van der Waals surface area contributed by atoms with Crippen molar-refractivity contribution in [1.82, 2.24) is 0 Å². The number of carbonyl (C=O) groups is 1. The van der Waals surface area contributed by atoms with Gasteiger partial charge in [0.25, 0.3) is 5.60 Å². The molecule has 4 aromatic carbocycles. The van der Waals surface area contributed by atoms with E-state index in [0.717, 1.165) is 0 Å². The zero-order valence-corrected chi connectivity index (χ0v) is 21.5. The van der Waals surface area contributed by atoms with Crippen molar-refractivity contribution in [3.8, 4) is 0 Å². The molecule has 4 aromatic rings. The molecule has 6 heteroatoms. The van der Waals surface area contributed by atoms with Crippen LogP contribution < -0.4 is 0 Å². The van der Waals surface area contributed by atoms with E-state index in [1.54, 1.807) is 60.7 Å². The van der Waals surface area contributed by atoms with E-state index in [4.69, 9.17) is 9.47 Å². The molecule has 1 heterocycles. The second kappa shape index (κ2) is 10.3. The Bertz CT molecular complexity index is 1220. The third kappa shape index (κ3) is 4.53. The normalized spacial score (nSPS) is 20.2. The summed E-state index contributed by atoms with van der Waals surface area (Å²) in [5.41, 5.74) is -3.81. The van der Waals surface area contributed by atoms with Gasteiger partial charge in [-0.15, -0.1) is 0 Å². The number of hydrogen-bond donors (Lipinski definition) is 0. The lowest BCUT2D eigenvalue weighted by Crippen LogP contribution is -2.66. The van der Waals surface area contributed by atoms with Crippen molar-refractivity contribution in [2.45, 2.75) is 42.6 Å². The summed E-state index contributed by atoms with van der Waals surface area (Å²) in [5, 5.41) is 0. The van der Waals surface area contributed by atoms with Gasteiger partial charge in [0.2, 0.25) is 0 Å². The van der Waals surface area contributed by atoms with Gasteiger partial charge in [-0.2, -0.15) is 13.2 Å². The van der Waals surface area contributed by atoms with Gasteiger partial charge in [0, 0.05) is 11.8 Å². The number of halogens is 3. The zero-order valence-electron chi connectivity index (χ0n) is 21.5. The molecule has 0 N–H and O–H groups in total. The van der Waals surface area contributed by atoms with Crippen LogP contribution in [0.15, 0.2) is 121 Å². The van der Waals surface area contributed by atoms with Gasteiger partial charge in [-0.25, -0.2) is 4.79 Å². The number of carbonyl (C=O) groups excluding carboxylic acids is 1. The number of esters is 1. The van der Waals surface area contributed by atoms with E-state index < -0.39 is 35.2 Å². The van der Waals surface area contributed by atoms with Gasteiger partial charge in [-0.1, -0.05) is 121 Å². The molecular weight excluding hydrogens is 501 g/mol. The summed E-state index contributed by atoms with van der Waals surface area (Å²) in [6.45, 7) is 1.28. The summed E-state index contributed by atoms with van der Waals surface area (Å²) < 4.78 is 58.0. The molecule has 39 heavy (non-hydrogen) atoms. The molecule has 0 amide bonds. The minimum absolute atomic E-state index is 0.124. The number of benzene rings is 4. The van der Waals surface area contributed by atoms with Crippen molar-refractivity contribution >= 4 is 5.97 Å². The summed E-state index contributed by atoms with van der Waals surface area (Å²) in [6.07, 6.45) is -5.62. The molecule has 200 valence electrons. The summed E-state index contributed by atoms with van der Waals surface area (Å²) >= 11 is 0. The lowest BCUT2D eigenvalue weighted by molar-refractivity contribution is -0.324. The molecule has 3 nitrogen and oxygen atoms in total. The van der Waals surface area contributed by atoms with Crippen molar-refractivity contribution in [2.24, 2.45) is 0 Å². The second-order valence-electron chi connectivity index (χ2n) is 9.87. The van der Waals surface area contributed by atoms with Gasteiger partial charge >= 0.3 is 12.1 Å². The Morgan fingerprint density at radius 1 is 0.692 bits per heavy atom. The highest BCUT2D eigenvalue weighted by molar-refractivity contribution is 5.82. The lowest BCUT2D eigenvalue weighted by atomic mass is 9.58. The van der Waals surface area contributed by atoms with Crippen LogP contribution in [-0.4, -0.2) is 24.4 Å². The van der Waals surface area contributed by atoms with E-state index in [1.807, 2.05) is 60.7 Å². The van der Waals surface area contributed by atoms with Crippen LogP contribution in [-0.2, 0) is 25.3 Å². The summed E-state index contributed by atoms with van der Waals surface area (Å²) in [4.78, 5) is 13.6. The first kappa shape index (κ1) is 26.7. The average Bonchev–Trinajstić information content (AvgIpc) is 2.98. The van der Waals surface area contributed by atoms with E-state index in [0.29, 0.717) is 22.3 Å². The Labute approximate surface area is 226 Å². The Morgan fingerprint density at radius 2 is 1.08 bits per heavy atom. The number of rotatable bonds is 6. The minimum Gasteiger partial charge on any atom is -0.464 e. The first-order valence-corrected chi connectivity index (χ1v) is 12.9. The van der Waals surface area contributed by atoms with Crippen molar-refractivity contribution in [2.75, 3.05) is 6.61 Å². The van der Waals surface area contributed by atoms with Crippen LogP contribution in [0.4, 0.5) is 13.2 Å². The molecule has 1 saturated heterocycles. The number of ether oxygens (including phenoxy) is 2. The van der Waals surface area contributed by atoms with E-state index in [2.05, 4.69) is 0 Å². The Hall–Kier alpha value is -3.90. The van der Waals surface area contributed by atoms with Crippen molar-refractivity contribution in [3.05, 3.63) is 144 Å². The Kier molecular flexibility index (Phi) is 7.08. The van der Waals surface area contributed by atoms with Gasteiger partial charge < -0.3 is 9.47 Å². The van der Waals surface area contributed by atoms with Crippen LogP contribution in [0.2, 0.25) is 0 Å². The quantitative estimate of drug-likeness (QED) is 0.241. The highest BCUT2D eigenvalue weighted by Gasteiger charge is 2.72. The predicted molar refractivity (Wildman–Crippen MR) is 143 cm³/mol. The van der Waals surface area contributed by atoms with Crippen molar-refractivity contribution in [3.63, 3.8) is 0 Å². The van der Waals surface area contributed by atoms with Crippen LogP contribution in [0.3, 0.4) is 0 Å².